The molecule has 5 rings (SSSR count). The van der Waals surface area contributed by atoms with Crippen LogP contribution < -0.4 is 16.0 Å². The Kier molecular flexibility index (Phi) is 12.9. The second-order valence-corrected chi connectivity index (χ2v) is 15.6. The molecule has 1 aliphatic rings. The molecule has 53 heavy (non-hydrogen) atoms. The summed E-state index contributed by atoms with van der Waals surface area (Å²) < 4.78 is 70.7. The largest absolute Gasteiger partial charge is 0.416 e. The van der Waals surface area contributed by atoms with E-state index in [0.717, 1.165) is 34.8 Å². The fourth-order valence-electron chi connectivity index (χ4n) is 5.86. The van der Waals surface area contributed by atoms with Crippen molar-refractivity contribution < 1.29 is 26.5 Å². The molecule has 15 heteroatoms. The number of anilines is 2. The van der Waals surface area contributed by atoms with Gasteiger partial charge in [-0.25, -0.2) is 0 Å². The summed E-state index contributed by atoms with van der Waals surface area (Å²) in [6.45, 7) is 1.91. The molecule has 10 nitrogen and oxygen atoms in total. The number of halogens is 3. The standard InChI is InChI=1S/C38H41F3N6O4S2/c1-45(2)21-20-30(26-52-32-9-4-3-5-10-32)43-35-17-16-33(25-36(35)47(48)49)53(50,51)44-37(42)28-12-14-31(15-13-28)46-22-18-27(19-23-46)24-29-8-6-7-11-34(29)38(39,40)41/h3-17,24-25,30,43H,18-23,26H2,1-2H3,(H2,42,44)/t30-/m1/s1. The Morgan fingerprint density at radius 3 is 2.32 bits per heavy atom. The van der Waals surface area contributed by atoms with Gasteiger partial charge >= 0.3 is 6.18 Å². The molecule has 4 aromatic rings. The van der Waals surface area contributed by atoms with Gasteiger partial charge in [-0.3, -0.25) is 10.1 Å². The number of benzene rings is 4. The quantitative estimate of drug-likeness (QED) is 0.0432. The fourth-order valence-corrected chi connectivity index (χ4v) is 7.83. The van der Waals surface area contributed by atoms with Gasteiger partial charge in [0, 0.05) is 47.1 Å². The summed E-state index contributed by atoms with van der Waals surface area (Å²) in [5, 5.41) is 15.4. The maximum atomic E-state index is 13.4. The van der Waals surface area contributed by atoms with Gasteiger partial charge in [-0.05, 0) is 100 Å². The first-order valence-corrected chi connectivity index (χ1v) is 19.3. The van der Waals surface area contributed by atoms with E-state index < -0.39 is 32.4 Å². The SMILES string of the molecule is CN(C)CC[C@H](CSc1ccccc1)Nc1ccc(S(=O)(=O)/N=C(/N)c2ccc(N3CCC(=Cc4ccccc4C(F)(F)F)CC3)cc2)cc1[N+](=O)[O-]. The first kappa shape index (κ1) is 39.3. The fraction of sp³-hybridized carbons (Fsp3) is 0.289. The van der Waals surface area contributed by atoms with Crippen LogP contribution in [0.5, 0.6) is 0 Å². The predicted molar refractivity (Wildman–Crippen MR) is 206 cm³/mol. The molecule has 1 heterocycles. The molecule has 0 unspecified atom stereocenters. The summed E-state index contributed by atoms with van der Waals surface area (Å²) in [4.78, 5) is 16.3. The third-order valence-corrected chi connectivity index (χ3v) is 11.2. The van der Waals surface area contributed by atoms with Gasteiger partial charge in [0.2, 0.25) is 0 Å². The Labute approximate surface area is 311 Å². The van der Waals surface area contributed by atoms with Crippen molar-refractivity contribution in [2.24, 2.45) is 10.1 Å². The van der Waals surface area contributed by atoms with E-state index in [9.17, 15) is 31.7 Å². The van der Waals surface area contributed by atoms with E-state index in [1.165, 1.54) is 24.3 Å². The van der Waals surface area contributed by atoms with Crippen molar-refractivity contribution in [1.29, 1.82) is 0 Å². The highest BCUT2D eigenvalue weighted by molar-refractivity contribution is 7.99. The second-order valence-electron chi connectivity index (χ2n) is 12.9. The normalized spacial score (nSPS) is 14.6. The zero-order valence-electron chi connectivity index (χ0n) is 29.3. The van der Waals surface area contributed by atoms with E-state index in [0.29, 0.717) is 43.7 Å². The maximum absolute atomic E-state index is 13.4. The molecule has 1 atom stereocenters. The highest BCUT2D eigenvalue weighted by Crippen LogP contribution is 2.34. The number of nitro benzene ring substituents is 1. The summed E-state index contributed by atoms with van der Waals surface area (Å²) in [7, 11) is -0.526. The summed E-state index contributed by atoms with van der Waals surface area (Å²) in [6, 6.07) is 25.6. The lowest BCUT2D eigenvalue weighted by molar-refractivity contribution is -0.384. The Morgan fingerprint density at radius 1 is 1.02 bits per heavy atom. The van der Waals surface area contributed by atoms with Gasteiger partial charge < -0.3 is 20.9 Å². The summed E-state index contributed by atoms with van der Waals surface area (Å²) in [5.74, 6) is 0.348. The number of nitrogens with two attached hydrogens (primary N) is 1. The number of alkyl halides is 3. The average molecular weight is 767 g/mol. The van der Waals surface area contributed by atoms with Crippen LogP contribution >= 0.6 is 11.8 Å². The van der Waals surface area contributed by atoms with Crippen molar-refractivity contribution in [1.82, 2.24) is 4.90 Å². The summed E-state index contributed by atoms with van der Waals surface area (Å²) >= 11 is 1.62. The minimum absolute atomic E-state index is 0.149. The van der Waals surface area contributed by atoms with Gasteiger partial charge in [-0.1, -0.05) is 48.0 Å². The first-order valence-electron chi connectivity index (χ1n) is 16.9. The lowest BCUT2D eigenvalue weighted by atomic mass is 9.98. The van der Waals surface area contributed by atoms with Crippen LogP contribution in [-0.4, -0.2) is 69.6 Å². The Bertz CT molecular complexity index is 2050. The number of amidine groups is 1. The van der Waals surface area contributed by atoms with Gasteiger partial charge in [0.15, 0.2) is 0 Å². The maximum Gasteiger partial charge on any atom is 0.416 e. The number of sulfonamides is 1. The van der Waals surface area contributed by atoms with Crippen LogP contribution in [0.2, 0.25) is 0 Å². The van der Waals surface area contributed by atoms with Crippen molar-refractivity contribution in [3.8, 4) is 0 Å². The molecule has 3 N–H and O–H groups in total. The van der Waals surface area contributed by atoms with Crippen LogP contribution in [0.4, 0.5) is 30.2 Å². The van der Waals surface area contributed by atoms with E-state index in [1.54, 1.807) is 48.2 Å². The first-order chi connectivity index (χ1) is 25.2. The van der Waals surface area contributed by atoms with Crippen molar-refractivity contribution in [3.63, 3.8) is 0 Å². The molecule has 1 aliphatic heterocycles. The Hall–Kier alpha value is -4.86. The van der Waals surface area contributed by atoms with Crippen LogP contribution in [0, 0.1) is 10.1 Å². The van der Waals surface area contributed by atoms with Gasteiger partial charge in [-0.2, -0.15) is 21.6 Å². The van der Waals surface area contributed by atoms with Crippen LogP contribution in [0.25, 0.3) is 6.08 Å². The van der Waals surface area contributed by atoms with Gasteiger partial charge in [0.1, 0.15) is 11.5 Å². The third kappa shape index (κ3) is 10.8. The molecule has 0 amide bonds. The number of nitrogens with one attached hydrogen (secondary N) is 1. The molecular weight excluding hydrogens is 726 g/mol. The molecule has 0 radical (unpaired) electrons. The number of hydrogen-bond donors (Lipinski definition) is 2. The van der Waals surface area contributed by atoms with Gasteiger partial charge in [0.25, 0.3) is 15.7 Å². The monoisotopic (exact) mass is 766 g/mol. The molecule has 0 aromatic heterocycles. The van der Waals surface area contributed by atoms with Crippen LogP contribution in [0.15, 0.2) is 117 Å². The van der Waals surface area contributed by atoms with E-state index in [-0.39, 0.29) is 28.0 Å². The van der Waals surface area contributed by atoms with Crippen molar-refractivity contribution in [3.05, 3.63) is 129 Å². The molecule has 4 aromatic carbocycles. The van der Waals surface area contributed by atoms with Gasteiger partial charge in [-0.15, -0.1) is 16.2 Å². The predicted octanol–water partition coefficient (Wildman–Crippen LogP) is 7.92. The van der Waals surface area contributed by atoms with Crippen molar-refractivity contribution in [2.75, 3.05) is 49.7 Å². The molecule has 0 saturated carbocycles. The van der Waals surface area contributed by atoms with E-state index in [2.05, 4.69) is 14.6 Å². The van der Waals surface area contributed by atoms with Crippen LogP contribution in [0.3, 0.4) is 0 Å². The topological polar surface area (TPSA) is 134 Å². The molecule has 0 spiro atoms. The summed E-state index contributed by atoms with van der Waals surface area (Å²) in [6.07, 6.45) is -0.952. The minimum atomic E-state index is -4.43. The van der Waals surface area contributed by atoms with E-state index >= 15 is 0 Å². The van der Waals surface area contributed by atoms with Crippen LogP contribution in [0.1, 0.15) is 36.0 Å². The van der Waals surface area contributed by atoms with E-state index in [1.807, 2.05) is 49.3 Å². The number of thioether (sulfide) groups is 1. The number of hydrogen-bond acceptors (Lipinski definition) is 8. The minimum Gasteiger partial charge on any atom is -0.383 e. The number of nitrogens with zero attached hydrogens (tertiary/aromatic N) is 4. The second kappa shape index (κ2) is 17.3. The highest BCUT2D eigenvalue weighted by atomic mass is 32.2. The smallest absolute Gasteiger partial charge is 0.383 e. The zero-order valence-corrected chi connectivity index (χ0v) is 30.9. The molecule has 1 saturated heterocycles. The number of nitro groups is 1. The van der Waals surface area contributed by atoms with Crippen LogP contribution in [-0.2, 0) is 16.2 Å². The average Bonchev–Trinajstić information content (AvgIpc) is 3.13. The molecule has 0 bridgehead atoms. The number of piperidine rings is 1. The molecule has 1 fully saturated rings. The lowest BCUT2D eigenvalue weighted by Crippen LogP contribution is -2.30. The zero-order chi connectivity index (χ0) is 38.2. The Balaban J connectivity index is 1.26. The lowest BCUT2D eigenvalue weighted by Gasteiger charge is -2.30. The third-order valence-electron chi connectivity index (χ3n) is 8.72. The summed E-state index contributed by atoms with van der Waals surface area (Å²) in [5.41, 5.74) is 7.52. The van der Waals surface area contributed by atoms with Crippen molar-refractivity contribution >= 4 is 50.8 Å². The molecule has 0 aliphatic carbocycles. The number of rotatable bonds is 14. The van der Waals surface area contributed by atoms with Gasteiger partial charge in [0.05, 0.1) is 15.4 Å². The molecular formula is C38H41F3N6O4S2. The molecule has 280 valence electrons. The Morgan fingerprint density at radius 2 is 1.68 bits per heavy atom. The highest BCUT2D eigenvalue weighted by Gasteiger charge is 2.32. The van der Waals surface area contributed by atoms with Crippen molar-refractivity contribution in [2.45, 2.75) is 41.3 Å². The van der Waals surface area contributed by atoms with E-state index in [4.69, 9.17) is 5.73 Å².